The van der Waals surface area contributed by atoms with Crippen LogP contribution in [0.15, 0.2) is 40.0 Å². The zero-order valence-corrected chi connectivity index (χ0v) is 13.2. The van der Waals surface area contributed by atoms with Gasteiger partial charge < -0.3 is 10.1 Å². The zero-order chi connectivity index (χ0) is 14.8. The van der Waals surface area contributed by atoms with Crippen molar-refractivity contribution in [3.63, 3.8) is 0 Å². The summed E-state index contributed by atoms with van der Waals surface area (Å²) in [5, 5.41) is 2.89. The molecule has 0 saturated heterocycles. The van der Waals surface area contributed by atoms with Crippen molar-refractivity contribution in [1.29, 1.82) is 0 Å². The maximum atomic E-state index is 11.4. The molecule has 1 heterocycles. The molecule has 2 rings (SSSR count). The molecule has 0 aliphatic carbocycles. The molecular weight excluding hydrogens is 346 g/mol. The first-order valence-corrected chi connectivity index (χ1v) is 8.26. The number of aromatic nitrogens is 2. The largest absolute Gasteiger partial charge is 0.438 e. The fourth-order valence-corrected chi connectivity index (χ4v) is 2.58. The molecule has 0 saturated carbocycles. The SMILES string of the molecule is CNc1ncnc(Oc2ccc(S(C)(=O)=O)cc2)c1Br. The van der Waals surface area contributed by atoms with Crippen molar-refractivity contribution in [3.05, 3.63) is 35.1 Å². The minimum atomic E-state index is -3.21. The number of nitrogens with zero attached hydrogens (tertiary/aromatic N) is 2. The zero-order valence-electron chi connectivity index (χ0n) is 10.8. The van der Waals surface area contributed by atoms with Crippen LogP contribution in [0.5, 0.6) is 11.6 Å². The Hall–Kier alpha value is -1.67. The third-order valence-corrected chi connectivity index (χ3v) is 4.30. The van der Waals surface area contributed by atoms with Gasteiger partial charge in [-0.2, -0.15) is 0 Å². The number of anilines is 1. The topological polar surface area (TPSA) is 81.2 Å². The van der Waals surface area contributed by atoms with Gasteiger partial charge in [0.15, 0.2) is 9.84 Å². The highest BCUT2D eigenvalue weighted by molar-refractivity contribution is 9.10. The lowest BCUT2D eigenvalue weighted by molar-refractivity contribution is 0.458. The van der Waals surface area contributed by atoms with Gasteiger partial charge in [-0.15, -0.1) is 0 Å². The van der Waals surface area contributed by atoms with E-state index in [1.807, 2.05) is 0 Å². The number of rotatable bonds is 4. The molecule has 0 radical (unpaired) electrons. The summed E-state index contributed by atoms with van der Waals surface area (Å²) in [5.41, 5.74) is 0. The number of halogens is 1. The molecule has 0 aliphatic rings. The fraction of sp³-hybridized carbons (Fsp3) is 0.167. The molecule has 1 aromatic carbocycles. The van der Waals surface area contributed by atoms with Crippen molar-refractivity contribution in [3.8, 4) is 11.6 Å². The lowest BCUT2D eigenvalue weighted by Crippen LogP contribution is -1.98. The van der Waals surface area contributed by atoms with Crippen LogP contribution < -0.4 is 10.1 Å². The molecule has 0 amide bonds. The van der Waals surface area contributed by atoms with Gasteiger partial charge in [0.25, 0.3) is 0 Å². The third-order valence-electron chi connectivity index (χ3n) is 2.46. The number of hydrogen-bond acceptors (Lipinski definition) is 6. The van der Waals surface area contributed by atoms with Gasteiger partial charge in [0.1, 0.15) is 22.4 Å². The lowest BCUT2D eigenvalue weighted by Gasteiger charge is -2.09. The number of nitrogens with one attached hydrogen (secondary N) is 1. The summed E-state index contributed by atoms with van der Waals surface area (Å²) in [4.78, 5) is 8.27. The highest BCUT2D eigenvalue weighted by Gasteiger charge is 2.11. The van der Waals surface area contributed by atoms with Gasteiger partial charge in [0, 0.05) is 13.3 Å². The van der Waals surface area contributed by atoms with Gasteiger partial charge in [-0.1, -0.05) is 0 Å². The standard InChI is InChI=1S/C12H12BrN3O3S/c1-14-11-10(13)12(16-7-15-11)19-8-3-5-9(6-4-8)20(2,17)18/h3-7H,1-2H3,(H,14,15,16). The summed E-state index contributed by atoms with van der Waals surface area (Å²) >= 11 is 3.34. The van der Waals surface area contributed by atoms with Gasteiger partial charge in [-0.25, -0.2) is 18.4 Å². The first kappa shape index (κ1) is 14.7. The van der Waals surface area contributed by atoms with Crippen molar-refractivity contribution in [1.82, 2.24) is 9.97 Å². The van der Waals surface area contributed by atoms with E-state index in [0.717, 1.165) is 6.26 Å². The van der Waals surface area contributed by atoms with E-state index in [1.165, 1.54) is 18.5 Å². The maximum absolute atomic E-state index is 11.4. The average Bonchev–Trinajstić information content (AvgIpc) is 2.41. The van der Waals surface area contributed by atoms with Crippen molar-refractivity contribution in [2.45, 2.75) is 4.90 Å². The highest BCUT2D eigenvalue weighted by Crippen LogP contribution is 2.31. The van der Waals surface area contributed by atoms with Gasteiger partial charge in [0.2, 0.25) is 5.88 Å². The van der Waals surface area contributed by atoms with Crippen LogP contribution in [0.4, 0.5) is 5.82 Å². The van der Waals surface area contributed by atoms with Crippen molar-refractivity contribution < 1.29 is 13.2 Å². The molecule has 20 heavy (non-hydrogen) atoms. The Kier molecular flexibility index (Phi) is 4.24. The van der Waals surface area contributed by atoms with E-state index >= 15 is 0 Å². The molecule has 106 valence electrons. The predicted octanol–water partition coefficient (Wildman–Crippen LogP) is 2.48. The second-order valence-corrected chi connectivity index (χ2v) is 6.75. The number of benzene rings is 1. The van der Waals surface area contributed by atoms with Crippen LogP contribution in [0.1, 0.15) is 0 Å². The van der Waals surface area contributed by atoms with Crippen molar-refractivity contribution in [2.24, 2.45) is 0 Å². The van der Waals surface area contributed by atoms with Crippen LogP contribution in [-0.4, -0.2) is 31.7 Å². The molecular formula is C12H12BrN3O3S. The maximum Gasteiger partial charge on any atom is 0.238 e. The Morgan fingerprint density at radius 1 is 1.20 bits per heavy atom. The van der Waals surface area contributed by atoms with Crippen LogP contribution in [0.25, 0.3) is 0 Å². The summed E-state index contributed by atoms with van der Waals surface area (Å²) in [6.45, 7) is 0. The molecule has 0 aliphatic heterocycles. The van der Waals surface area contributed by atoms with E-state index < -0.39 is 9.84 Å². The fourth-order valence-electron chi connectivity index (χ4n) is 1.47. The predicted molar refractivity (Wildman–Crippen MR) is 78.9 cm³/mol. The second-order valence-electron chi connectivity index (χ2n) is 3.94. The summed E-state index contributed by atoms with van der Waals surface area (Å²) in [7, 11) is -1.48. The normalized spacial score (nSPS) is 11.2. The van der Waals surface area contributed by atoms with Crippen LogP contribution in [0.2, 0.25) is 0 Å². The quantitative estimate of drug-likeness (QED) is 0.904. The van der Waals surface area contributed by atoms with Crippen molar-refractivity contribution >= 4 is 31.6 Å². The van der Waals surface area contributed by atoms with E-state index in [1.54, 1.807) is 19.2 Å². The van der Waals surface area contributed by atoms with Crippen LogP contribution >= 0.6 is 15.9 Å². The van der Waals surface area contributed by atoms with Crippen LogP contribution in [0.3, 0.4) is 0 Å². The molecule has 0 atom stereocenters. The molecule has 6 nitrogen and oxygen atoms in total. The van der Waals surface area contributed by atoms with Crippen LogP contribution in [-0.2, 0) is 9.84 Å². The molecule has 1 aromatic heterocycles. The van der Waals surface area contributed by atoms with Gasteiger partial charge in [0.05, 0.1) is 4.90 Å². The van der Waals surface area contributed by atoms with Gasteiger partial charge >= 0.3 is 0 Å². The van der Waals surface area contributed by atoms with Gasteiger partial charge in [-0.05, 0) is 40.2 Å². The first-order chi connectivity index (χ1) is 9.41. The molecule has 0 unspecified atom stereocenters. The van der Waals surface area contributed by atoms with Crippen LogP contribution in [0, 0.1) is 0 Å². The highest BCUT2D eigenvalue weighted by atomic mass is 79.9. The van der Waals surface area contributed by atoms with E-state index in [-0.39, 0.29) is 4.90 Å². The molecule has 1 N–H and O–H groups in total. The third kappa shape index (κ3) is 3.26. The smallest absolute Gasteiger partial charge is 0.238 e. The molecule has 0 spiro atoms. The summed E-state index contributed by atoms with van der Waals surface area (Å²) in [6, 6.07) is 6.12. The number of sulfone groups is 1. The Balaban J connectivity index is 2.27. The molecule has 0 fully saturated rings. The molecule has 2 aromatic rings. The minimum Gasteiger partial charge on any atom is -0.438 e. The molecule has 0 bridgehead atoms. The minimum absolute atomic E-state index is 0.238. The first-order valence-electron chi connectivity index (χ1n) is 5.58. The Labute approximate surface area is 125 Å². The van der Waals surface area contributed by atoms with E-state index in [0.29, 0.717) is 21.9 Å². The van der Waals surface area contributed by atoms with E-state index in [9.17, 15) is 8.42 Å². The van der Waals surface area contributed by atoms with E-state index in [2.05, 4.69) is 31.2 Å². The second kappa shape index (κ2) is 5.76. The lowest BCUT2D eigenvalue weighted by atomic mass is 10.3. The summed E-state index contributed by atoms with van der Waals surface area (Å²) in [6.07, 6.45) is 2.53. The van der Waals surface area contributed by atoms with Crippen molar-refractivity contribution in [2.75, 3.05) is 18.6 Å². The Morgan fingerprint density at radius 2 is 1.85 bits per heavy atom. The van der Waals surface area contributed by atoms with E-state index in [4.69, 9.17) is 4.74 Å². The number of ether oxygens (including phenoxy) is 1. The molecule has 8 heteroatoms. The Morgan fingerprint density at radius 3 is 2.40 bits per heavy atom. The summed E-state index contributed by atoms with van der Waals surface area (Å²) < 4.78 is 28.9. The average molecular weight is 358 g/mol. The Bertz CT molecular complexity index is 717. The monoisotopic (exact) mass is 357 g/mol. The summed E-state index contributed by atoms with van der Waals surface area (Å²) in [5.74, 6) is 1.43. The van der Waals surface area contributed by atoms with Gasteiger partial charge in [-0.3, -0.25) is 0 Å². The number of hydrogen-bond donors (Lipinski definition) is 1.